The Bertz CT molecular complexity index is 61.5. The van der Waals surface area contributed by atoms with E-state index in [1.165, 1.54) is 19.5 Å². The van der Waals surface area contributed by atoms with Crippen LogP contribution in [-0.2, 0) is 0 Å². The van der Waals surface area contributed by atoms with Crippen molar-refractivity contribution < 1.29 is 4.39 Å². The fourth-order valence-electron chi connectivity index (χ4n) is 0.889. The molecule has 0 bridgehead atoms. The van der Waals surface area contributed by atoms with Gasteiger partial charge in [0.25, 0.3) is 0 Å². The van der Waals surface area contributed by atoms with E-state index in [0.29, 0.717) is 0 Å². The first kappa shape index (κ1) is 6.02. The third-order valence-electron chi connectivity index (χ3n) is 1.56. The van der Waals surface area contributed by atoms with Crippen LogP contribution in [0.25, 0.3) is 0 Å². The van der Waals surface area contributed by atoms with Gasteiger partial charge in [0.2, 0.25) is 0 Å². The predicted molar refractivity (Wildman–Crippen MR) is 31.6 cm³/mol. The highest BCUT2D eigenvalue weighted by molar-refractivity contribution is 4.67. The molecule has 0 radical (unpaired) electrons. The average Bonchev–Trinajstić information content (AvgIpc) is 1.63. The van der Waals surface area contributed by atoms with Gasteiger partial charge in [0, 0.05) is 6.54 Å². The summed E-state index contributed by atoms with van der Waals surface area (Å²) in [5, 5.41) is 0. The fourth-order valence-corrected chi connectivity index (χ4v) is 0.889. The summed E-state index contributed by atoms with van der Waals surface area (Å²) in [5.41, 5.74) is 0. The summed E-state index contributed by atoms with van der Waals surface area (Å²) in [4.78, 5) is 2.28. The molecule has 0 aromatic rings. The van der Waals surface area contributed by atoms with E-state index < -0.39 is 0 Å². The summed E-state index contributed by atoms with van der Waals surface area (Å²) in [6.07, 6.45) is 2.03. The standard InChI is InChI=1S/C6H12FN/c7-3-1-4-8-5-2-6-8/h1-6H2. The molecule has 0 N–H and O–H groups in total. The zero-order valence-electron chi connectivity index (χ0n) is 5.07. The van der Waals surface area contributed by atoms with E-state index in [0.717, 1.165) is 13.0 Å². The van der Waals surface area contributed by atoms with Crippen molar-refractivity contribution in [2.75, 3.05) is 26.3 Å². The van der Waals surface area contributed by atoms with Gasteiger partial charge in [-0.2, -0.15) is 0 Å². The van der Waals surface area contributed by atoms with Gasteiger partial charge >= 0.3 is 0 Å². The first-order valence-corrected chi connectivity index (χ1v) is 3.22. The molecule has 0 spiro atoms. The minimum atomic E-state index is -0.156. The summed E-state index contributed by atoms with van der Waals surface area (Å²) in [6, 6.07) is 0. The molecule has 0 aromatic heterocycles. The Morgan fingerprint density at radius 2 is 2.12 bits per heavy atom. The van der Waals surface area contributed by atoms with Crippen LogP contribution in [0.4, 0.5) is 4.39 Å². The highest BCUT2D eigenvalue weighted by atomic mass is 19.1. The molecule has 1 fully saturated rings. The van der Waals surface area contributed by atoms with E-state index in [1.807, 2.05) is 0 Å². The van der Waals surface area contributed by atoms with E-state index in [4.69, 9.17) is 0 Å². The highest BCUT2D eigenvalue weighted by Crippen LogP contribution is 2.05. The number of rotatable bonds is 3. The fraction of sp³-hybridized carbons (Fsp3) is 1.00. The first-order valence-electron chi connectivity index (χ1n) is 3.22. The predicted octanol–water partition coefficient (Wildman–Crippen LogP) is 1.05. The van der Waals surface area contributed by atoms with Crippen molar-refractivity contribution >= 4 is 0 Å². The lowest BCUT2D eigenvalue weighted by Crippen LogP contribution is -2.37. The van der Waals surface area contributed by atoms with Crippen LogP contribution in [0.2, 0.25) is 0 Å². The molecule has 48 valence electrons. The Morgan fingerprint density at radius 1 is 1.38 bits per heavy atom. The lowest BCUT2D eigenvalue weighted by Gasteiger charge is -2.30. The number of likely N-dealkylation sites (tertiary alicyclic amines) is 1. The minimum absolute atomic E-state index is 0.156. The van der Waals surface area contributed by atoms with Gasteiger partial charge in [0.15, 0.2) is 0 Å². The molecule has 2 heteroatoms. The smallest absolute Gasteiger partial charge is 0.0906 e. The van der Waals surface area contributed by atoms with E-state index in [9.17, 15) is 4.39 Å². The second-order valence-electron chi connectivity index (χ2n) is 2.24. The second kappa shape index (κ2) is 3.02. The van der Waals surface area contributed by atoms with Gasteiger partial charge < -0.3 is 4.90 Å². The van der Waals surface area contributed by atoms with E-state index in [-0.39, 0.29) is 6.67 Å². The third kappa shape index (κ3) is 1.44. The number of nitrogens with zero attached hydrogens (tertiary/aromatic N) is 1. The molecule has 1 rings (SSSR count). The maximum Gasteiger partial charge on any atom is 0.0906 e. The Kier molecular flexibility index (Phi) is 2.27. The number of halogens is 1. The van der Waals surface area contributed by atoms with Crippen LogP contribution in [0.15, 0.2) is 0 Å². The molecule has 8 heavy (non-hydrogen) atoms. The van der Waals surface area contributed by atoms with Crippen LogP contribution >= 0.6 is 0 Å². The summed E-state index contributed by atoms with van der Waals surface area (Å²) in [7, 11) is 0. The van der Waals surface area contributed by atoms with Gasteiger partial charge in [-0.15, -0.1) is 0 Å². The molecule has 0 aromatic carbocycles. The van der Waals surface area contributed by atoms with E-state index in [2.05, 4.69) is 4.90 Å². The molecule has 0 saturated carbocycles. The van der Waals surface area contributed by atoms with Gasteiger partial charge in [-0.05, 0) is 25.9 Å². The van der Waals surface area contributed by atoms with Crippen molar-refractivity contribution in [3.05, 3.63) is 0 Å². The molecule has 0 atom stereocenters. The normalized spacial score (nSPS) is 20.6. The Morgan fingerprint density at radius 3 is 2.50 bits per heavy atom. The first-order chi connectivity index (χ1) is 3.93. The van der Waals surface area contributed by atoms with E-state index >= 15 is 0 Å². The van der Waals surface area contributed by atoms with Crippen molar-refractivity contribution in [1.29, 1.82) is 0 Å². The van der Waals surface area contributed by atoms with Crippen molar-refractivity contribution in [1.82, 2.24) is 4.90 Å². The quantitative estimate of drug-likeness (QED) is 0.534. The van der Waals surface area contributed by atoms with Gasteiger partial charge in [-0.25, -0.2) is 0 Å². The molecule has 1 nitrogen and oxygen atoms in total. The topological polar surface area (TPSA) is 3.24 Å². The van der Waals surface area contributed by atoms with Crippen molar-refractivity contribution in [3.63, 3.8) is 0 Å². The molecule has 0 amide bonds. The maximum atomic E-state index is 11.5. The Hall–Kier alpha value is -0.110. The summed E-state index contributed by atoms with van der Waals surface area (Å²) >= 11 is 0. The van der Waals surface area contributed by atoms with Gasteiger partial charge in [-0.3, -0.25) is 4.39 Å². The van der Waals surface area contributed by atoms with Crippen molar-refractivity contribution in [2.24, 2.45) is 0 Å². The van der Waals surface area contributed by atoms with Crippen molar-refractivity contribution in [2.45, 2.75) is 12.8 Å². The van der Waals surface area contributed by atoms with E-state index in [1.54, 1.807) is 0 Å². The Balaban J connectivity index is 1.86. The molecule has 1 heterocycles. The average molecular weight is 117 g/mol. The molecule has 1 aliphatic heterocycles. The Labute approximate surface area is 49.5 Å². The lowest BCUT2D eigenvalue weighted by molar-refractivity contribution is 0.174. The summed E-state index contributed by atoms with van der Waals surface area (Å²) < 4.78 is 11.5. The zero-order chi connectivity index (χ0) is 5.82. The largest absolute Gasteiger partial charge is 0.303 e. The molecule has 0 unspecified atom stereocenters. The SMILES string of the molecule is FCCCN1CCC1. The van der Waals surface area contributed by atoms with Gasteiger partial charge in [-0.1, -0.05) is 0 Å². The highest BCUT2D eigenvalue weighted by Gasteiger charge is 2.11. The zero-order valence-corrected chi connectivity index (χ0v) is 5.07. The molecule has 0 aliphatic carbocycles. The molecular weight excluding hydrogens is 105 g/mol. The second-order valence-corrected chi connectivity index (χ2v) is 2.24. The summed E-state index contributed by atoms with van der Waals surface area (Å²) in [6.45, 7) is 3.20. The van der Waals surface area contributed by atoms with Crippen LogP contribution in [0.3, 0.4) is 0 Å². The monoisotopic (exact) mass is 117 g/mol. The van der Waals surface area contributed by atoms with Gasteiger partial charge in [0.1, 0.15) is 0 Å². The van der Waals surface area contributed by atoms with Gasteiger partial charge in [0.05, 0.1) is 6.67 Å². The van der Waals surface area contributed by atoms with Crippen LogP contribution in [0, 0.1) is 0 Å². The number of hydrogen-bond acceptors (Lipinski definition) is 1. The molecular formula is C6H12FN. The van der Waals surface area contributed by atoms with Crippen LogP contribution in [0.1, 0.15) is 12.8 Å². The molecule has 1 saturated heterocycles. The van der Waals surface area contributed by atoms with Crippen LogP contribution in [-0.4, -0.2) is 31.2 Å². The number of alkyl halides is 1. The maximum absolute atomic E-state index is 11.5. The van der Waals surface area contributed by atoms with Crippen LogP contribution in [0.5, 0.6) is 0 Å². The minimum Gasteiger partial charge on any atom is -0.303 e. The van der Waals surface area contributed by atoms with Crippen molar-refractivity contribution in [3.8, 4) is 0 Å². The number of hydrogen-bond donors (Lipinski definition) is 0. The summed E-state index contributed by atoms with van der Waals surface area (Å²) in [5.74, 6) is 0. The van der Waals surface area contributed by atoms with Crippen LogP contribution < -0.4 is 0 Å². The lowest BCUT2D eigenvalue weighted by atomic mass is 10.2. The third-order valence-corrected chi connectivity index (χ3v) is 1.56. The molecule has 1 aliphatic rings.